The highest BCUT2D eigenvalue weighted by Crippen LogP contribution is 2.34. The maximum absolute atomic E-state index is 12.8. The minimum atomic E-state index is -0.142. The summed E-state index contributed by atoms with van der Waals surface area (Å²) in [6.45, 7) is 4.02. The Morgan fingerprint density at radius 1 is 1.13 bits per heavy atom. The van der Waals surface area contributed by atoms with Crippen LogP contribution in [-0.4, -0.2) is 19.9 Å². The van der Waals surface area contributed by atoms with Crippen LogP contribution >= 0.6 is 23.1 Å². The lowest BCUT2D eigenvalue weighted by molar-refractivity contribution is 0.583. The first kappa shape index (κ1) is 19.0. The van der Waals surface area contributed by atoms with Gasteiger partial charge in [0.15, 0.2) is 0 Å². The highest BCUT2D eigenvalue weighted by Gasteiger charge is 2.18. The zero-order chi connectivity index (χ0) is 20.7. The fourth-order valence-corrected chi connectivity index (χ4v) is 5.20. The lowest BCUT2D eigenvalue weighted by Crippen LogP contribution is -2.12. The maximum Gasteiger partial charge on any atom is 0.260 e. The smallest absolute Gasteiger partial charge is 0.260 e. The van der Waals surface area contributed by atoms with E-state index < -0.39 is 0 Å². The van der Waals surface area contributed by atoms with Gasteiger partial charge in [-0.2, -0.15) is 0 Å². The highest BCUT2D eigenvalue weighted by atomic mass is 32.2. The summed E-state index contributed by atoms with van der Waals surface area (Å²) in [6.07, 6.45) is 1.60. The number of thiophene rings is 1. The molecular weight excluding hydrogens is 416 g/mol. The van der Waals surface area contributed by atoms with Crippen LogP contribution in [0, 0.1) is 6.92 Å². The predicted molar refractivity (Wildman–Crippen MR) is 122 cm³/mol. The van der Waals surface area contributed by atoms with Gasteiger partial charge in [0.1, 0.15) is 16.4 Å². The van der Waals surface area contributed by atoms with E-state index in [9.17, 15) is 4.79 Å². The van der Waals surface area contributed by atoms with Crippen LogP contribution in [0.4, 0.5) is 0 Å². The van der Waals surface area contributed by atoms with Gasteiger partial charge in [-0.15, -0.1) is 23.1 Å². The number of aromatic amines is 1. The minimum Gasteiger partial charge on any atom is -0.464 e. The topological polar surface area (TPSA) is 84.7 Å². The van der Waals surface area contributed by atoms with Crippen LogP contribution in [0.3, 0.4) is 0 Å². The van der Waals surface area contributed by atoms with Gasteiger partial charge in [0.25, 0.3) is 5.56 Å². The molecule has 30 heavy (non-hydrogen) atoms. The molecule has 0 aliphatic heterocycles. The number of hydrogen-bond acceptors (Lipinski definition) is 7. The van der Waals surface area contributed by atoms with Crippen molar-refractivity contribution >= 4 is 44.3 Å². The summed E-state index contributed by atoms with van der Waals surface area (Å²) in [6, 6.07) is 11.5. The van der Waals surface area contributed by atoms with Crippen molar-refractivity contribution in [1.82, 2.24) is 19.9 Å². The van der Waals surface area contributed by atoms with Crippen LogP contribution in [0.2, 0.25) is 0 Å². The van der Waals surface area contributed by atoms with Crippen LogP contribution in [0.25, 0.3) is 32.6 Å². The third-order valence-electron chi connectivity index (χ3n) is 4.95. The number of nitrogens with zero attached hydrogens (tertiary/aromatic N) is 3. The SMILES string of the molecule is Cc1nc2ccccc2nc1CSC(C)c1nc2scc(-c3ccco3)c2c(=O)[nH]1. The van der Waals surface area contributed by atoms with Crippen LogP contribution in [0.1, 0.15) is 29.4 Å². The Kier molecular flexibility index (Phi) is 4.88. The highest BCUT2D eigenvalue weighted by molar-refractivity contribution is 7.98. The number of aromatic nitrogens is 4. The van der Waals surface area contributed by atoms with E-state index in [0.29, 0.717) is 27.6 Å². The standard InChI is InChI=1S/C22H18N4O2S2/c1-12-17(24-16-7-4-3-6-15(16)23-12)11-29-13(2)20-25-21(27)19-14(10-30-22(19)26-20)18-8-5-9-28-18/h3-10,13H,11H2,1-2H3,(H,25,26,27). The van der Waals surface area contributed by atoms with Crippen molar-refractivity contribution in [2.45, 2.75) is 24.9 Å². The average molecular weight is 435 g/mol. The van der Waals surface area contributed by atoms with Crippen molar-refractivity contribution in [3.63, 3.8) is 0 Å². The Morgan fingerprint density at radius 3 is 2.70 bits per heavy atom. The number of H-pyrrole nitrogens is 1. The number of fused-ring (bicyclic) bond motifs is 2. The quantitative estimate of drug-likeness (QED) is 0.394. The molecule has 150 valence electrons. The fourth-order valence-electron chi connectivity index (χ4n) is 3.32. The van der Waals surface area contributed by atoms with Crippen molar-refractivity contribution < 1.29 is 4.42 Å². The van der Waals surface area contributed by atoms with Crippen molar-refractivity contribution in [1.29, 1.82) is 0 Å². The van der Waals surface area contributed by atoms with Crippen molar-refractivity contribution in [2.24, 2.45) is 0 Å². The van der Waals surface area contributed by atoms with E-state index in [2.05, 4.69) is 9.97 Å². The Balaban J connectivity index is 1.41. The Bertz CT molecular complexity index is 1410. The summed E-state index contributed by atoms with van der Waals surface area (Å²) in [7, 11) is 0. The molecule has 1 aromatic carbocycles. The molecule has 6 nitrogen and oxygen atoms in total. The van der Waals surface area contributed by atoms with Crippen LogP contribution in [0.15, 0.2) is 57.3 Å². The number of aryl methyl sites for hydroxylation is 1. The molecule has 5 aromatic rings. The van der Waals surface area contributed by atoms with E-state index in [0.717, 1.165) is 28.0 Å². The molecule has 0 saturated heterocycles. The molecule has 1 N–H and O–H groups in total. The number of benzene rings is 1. The molecule has 8 heteroatoms. The zero-order valence-electron chi connectivity index (χ0n) is 16.4. The monoisotopic (exact) mass is 434 g/mol. The molecule has 4 heterocycles. The van der Waals surface area contributed by atoms with Crippen molar-refractivity contribution in [3.8, 4) is 11.3 Å². The van der Waals surface area contributed by atoms with Crippen LogP contribution in [0.5, 0.6) is 0 Å². The summed E-state index contributed by atoms with van der Waals surface area (Å²) < 4.78 is 5.46. The van der Waals surface area contributed by atoms with Gasteiger partial charge < -0.3 is 9.40 Å². The van der Waals surface area contributed by atoms with E-state index in [1.54, 1.807) is 18.0 Å². The fraction of sp³-hybridized carbons (Fsp3) is 0.182. The Morgan fingerprint density at radius 2 is 1.93 bits per heavy atom. The minimum absolute atomic E-state index is 0.00364. The Hall–Kier alpha value is -2.97. The van der Waals surface area contributed by atoms with Crippen molar-refractivity contribution in [2.75, 3.05) is 0 Å². The van der Waals surface area contributed by atoms with Crippen molar-refractivity contribution in [3.05, 3.63) is 75.6 Å². The normalized spacial score (nSPS) is 12.6. The van der Waals surface area contributed by atoms with Gasteiger partial charge in [-0.1, -0.05) is 12.1 Å². The van der Waals surface area contributed by atoms with E-state index in [1.807, 2.05) is 55.6 Å². The molecule has 0 bridgehead atoms. The van der Waals surface area contributed by atoms with Gasteiger partial charge in [-0.05, 0) is 38.1 Å². The number of thioether (sulfide) groups is 1. The van der Waals surface area contributed by atoms with Crippen LogP contribution < -0.4 is 5.56 Å². The van der Waals surface area contributed by atoms with E-state index in [-0.39, 0.29) is 10.8 Å². The van der Waals surface area contributed by atoms with Gasteiger partial charge in [0, 0.05) is 16.7 Å². The predicted octanol–water partition coefficient (Wildman–Crippen LogP) is 5.49. The number of furan rings is 1. The third-order valence-corrected chi connectivity index (χ3v) is 6.98. The molecule has 1 atom stereocenters. The second-order valence-corrected chi connectivity index (χ2v) is 9.14. The lowest BCUT2D eigenvalue weighted by Gasteiger charge is -2.12. The number of para-hydroxylation sites is 2. The second-order valence-electron chi connectivity index (χ2n) is 6.96. The summed E-state index contributed by atoms with van der Waals surface area (Å²) in [5.41, 5.74) is 4.30. The molecule has 0 spiro atoms. The molecule has 0 radical (unpaired) electrons. The van der Waals surface area contributed by atoms with Gasteiger partial charge in [0.05, 0.1) is 39.3 Å². The second kappa shape index (κ2) is 7.70. The van der Waals surface area contributed by atoms with Gasteiger partial charge >= 0.3 is 0 Å². The first-order valence-electron chi connectivity index (χ1n) is 9.49. The van der Waals surface area contributed by atoms with E-state index >= 15 is 0 Å². The molecular formula is C22H18N4O2S2. The largest absolute Gasteiger partial charge is 0.464 e. The third kappa shape index (κ3) is 3.42. The molecule has 5 rings (SSSR count). The van der Waals surface area contributed by atoms with Gasteiger partial charge in [-0.3, -0.25) is 4.79 Å². The molecule has 0 saturated carbocycles. The molecule has 0 fully saturated rings. The molecule has 1 unspecified atom stereocenters. The molecule has 0 aliphatic rings. The summed E-state index contributed by atoms with van der Waals surface area (Å²) in [4.78, 5) is 30.6. The van der Waals surface area contributed by atoms with E-state index in [1.165, 1.54) is 11.3 Å². The number of hydrogen-bond donors (Lipinski definition) is 1. The summed E-state index contributed by atoms with van der Waals surface area (Å²) >= 11 is 3.13. The summed E-state index contributed by atoms with van der Waals surface area (Å²) in [5, 5.41) is 2.50. The van der Waals surface area contributed by atoms with Gasteiger partial charge in [-0.25, -0.2) is 15.0 Å². The average Bonchev–Trinajstić information content (AvgIpc) is 3.41. The molecule has 0 aliphatic carbocycles. The summed E-state index contributed by atoms with van der Waals surface area (Å²) in [5.74, 6) is 2.03. The van der Waals surface area contributed by atoms with E-state index in [4.69, 9.17) is 14.4 Å². The first-order chi connectivity index (χ1) is 14.6. The Labute approximate surface area is 180 Å². The van der Waals surface area contributed by atoms with Crippen LogP contribution in [-0.2, 0) is 5.75 Å². The lowest BCUT2D eigenvalue weighted by atomic mass is 10.2. The zero-order valence-corrected chi connectivity index (χ0v) is 18.0. The van der Waals surface area contributed by atoms with Gasteiger partial charge in [0.2, 0.25) is 0 Å². The molecule has 0 amide bonds. The number of rotatable bonds is 5. The number of nitrogens with one attached hydrogen (secondary N) is 1. The molecule has 4 aromatic heterocycles. The maximum atomic E-state index is 12.8. The first-order valence-corrected chi connectivity index (χ1v) is 11.4.